The molecular formula is C15H12F3NO2. The van der Waals surface area contributed by atoms with Crippen molar-refractivity contribution in [3.8, 4) is 5.75 Å². The third kappa shape index (κ3) is 3.16. The number of hydrogen-bond donors (Lipinski definition) is 1. The zero-order valence-corrected chi connectivity index (χ0v) is 11.1. The lowest BCUT2D eigenvalue weighted by Gasteiger charge is -2.10. The van der Waals surface area contributed by atoms with E-state index in [1.807, 2.05) is 0 Å². The van der Waals surface area contributed by atoms with Gasteiger partial charge in [-0.1, -0.05) is 6.07 Å². The lowest BCUT2D eigenvalue weighted by Crippen LogP contribution is -2.16. The van der Waals surface area contributed by atoms with E-state index in [0.717, 1.165) is 12.1 Å². The fraction of sp³-hybridized carbons (Fsp3) is 0.133. The van der Waals surface area contributed by atoms with Gasteiger partial charge in [0.05, 0.1) is 0 Å². The average molecular weight is 295 g/mol. The summed E-state index contributed by atoms with van der Waals surface area (Å²) in [7, 11) is 0. The zero-order chi connectivity index (χ0) is 15.6. The minimum atomic E-state index is -1.21. The molecule has 0 aliphatic rings. The molecule has 0 bridgehead atoms. The van der Waals surface area contributed by atoms with Crippen LogP contribution < -0.4 is 10.5 Å². The molecule has 6 heteroatoms. The van der Waals surface area contributed by atoms with E-state index in [0.29, 0.717) is 11.1 Å². The quantitative estimate of drug-likeness (QED) is 0.942. The number of hydrogen-bond acceptors (Lipinski definition) is 2. The molecule has 0 unspecified atom stereocenters. The molecule has 0 aliphatic heterocycles. The van der Waals surface area contributed by atoms with Crippen LogP contribution in [0.1, 0.15) is 21.5 Å². The Morgan fingerprint density at radius 3 is 2.43 bits per heavy atom. The van der Waals surface area contributed by atoms with Crippen LogP contribution in [0.15, 0.2) is 30.3 Å². The summed E-state index contributed by atoms with van der Waals surface area (Å²) in [6.07, 6.45) is 0. The van der Waals surface area contributed by atoms with Crippen molar-refractivity contribution >= 4 is 5.91 Å². The Morgan fingerprint density at radius 2 is 1.81 bits per heavy atom. The Balaban J connectivity index is 2.22. The highest BCUT2D eigenvalue weighted by Crippen LogP contribution is 2.24. The Bertz CT molecular complexity index is 702. The van der Waals surface area contributed by atoms with Gasteiger partial charge in [0, 0.05) is 0 Å². The maximum Gasteiger partial charge on any atom is 0.254 e. The minimum Gasteiger partial charge on any atom is -0.486 e. The lowest BCUT2D eigenvalue weighted by atomic mass is 10.1. The summed E-state index contributed by atoms with van der Waals surface area (Å²) in [6.45, 7) is 1.53. The van der Waals surface area contributed by atoms with E-state index in [2.05, 4.69) is 0 Å². The van der Waals surface area contributed by atoms with Crippen LogP contribution >= 0.6 is 0 Å². The van der Waals surface area contributed by atoms with Crippen LogP contribution in [0.3, 0.4) is 0 Å². The molecule has 2 aromatic carbocycles. The fourth-order valence-corrected chi connectivity index (χ4v) is 1.83. The van der Waals surface area contributed by atoms with Crippen molar-refractivity contribution in [2.24, 2.45) is 5.73 Å². The molecule has 2 N–H and O–H groups in total. The predicted molar refractivity (Wildman–Crippen MR) is 70.3 cm³/mol. The molecule has 0 heterocycles. The summed E-state index contributed by atoms with van der Waals surface area (Å²) in [5, 5.41) is 0. The summed E-state index contributed by atoms with van der Waals surface area (Å²) in [5.74, 6) is -4.07. The van der Waals surface area contributed by atoms with Crippen molar-refractivity contribution in [2.45, 2.75) is 13.5 Å². The first-order chi connectivity index (χ1) is 9.90. The van der Waals surface area contributed by atoms with Crippen LogP contribution in [0.25, 0.3) is 0 Å². The Hall–Kier alpha value is -2.50. The van der Waals surface area contributed by atoms with Crippen LogP contribution in [0.2, 0.25) is 0 Å². The van der Waals surface area contributed by atoms with Crippen molar-refractivity contribution in [3.63, 3.8) is 0 Å². The Labute approximate surface area is 119 Å². The standard InChI is InChI=1S/C15H12F3NO2/c1-8-6-9(2-3-10(8)16)7-21-12-5-4-11(17)13(14(12)18)15(19)20/h2-6H,7H2,1H3,(H2,19,20). The van der Waals surface area contributed by atoms with Crippen molar-refractivity contribution in [1.82, 2.24) is 0 Å². The number of primary amides is 1. The topological polar surface area (TPSA) is 52.3 Å². The van der Waals surface area contributed by atoms with Gasteiger partial charge < -0.3 is 10.5 Å². The van der Waals surface area contributed by atoms with E-state index in [1.165, 1.54) is 12.1 Å². The molecule has 0 aromatic heterocycles. The first-order valence-corrected chi connectivity index (χ1v) is 6.05. The van der Waals surface area contributed by atoms with E-state index >= 15 is 0 Å². The van der Waals surface area contributed by atoms with Gasteiger partial charge in [0.1, 0.15) is 23.8 Å². The normalized spacial score (nSPS) is 10.5. The van der Waals surface area contributed by atoms with Gasteiger partial charge in [-0.25, -0.2) is 13.2 Å². The maximum absolute atomic E-state index is 13.9. The number of rotatable bonds is 4. The molecular weight excluding hydrogens is 283 g/mol. The molecule has 21 heavy (non-hydrogen) atoms. The van der Waals surface area contributed by atoms with Crippen LogP contribution in [0.5, 0.6) is 5.75 Å². The molecule has 0 radical (unpaired) electrons. The summed E-state index contributed by atoms with van der Waals surface area (Å²) >= 11 is 0. The van der Waals surface area contributed by atoms with E-state index in [-0.39, 0.29) is 18.2 Å². The Morgan fingerprint density at radius 1 is 1.14 bits per heavy atom. The van der Waals surface area contributed by atoms with Crippen LogP contribution in [0.4, 0.5) is 13.2 Å². The number of carbonyl (C=O) groups excluding carboxylic acids is 1. The second-order valence-corrected chi connectivity index (χ2v) is 4.47. The van der Waals surface area contributed by atoms with Crippen LogP contribution in [-0.2, 0) is 6.61 Å². The molecule has 0 spiro atoms. The SMILES string of the molecule is Cc1cc(COc2ccc(F)c(C(N)=O)c2F)ccc1F. The highest BCUT2D eigenvalue weighted by molar-refractivity contribution is 5.93. The van der Waals surface area contributed by atoms with Crippen LogP contribution in [0, 0.1) is 24.4 Å². The molecule has 110 valence electrons. The summed E-state index contributed by atoms with van der Waals surface area (Å²) < 4.78 is 45.5. The molecule has 2 rings (SSSR count). The lowest BCUT2D eigenvalue weighted by molar-refractivity contribution is 0.0991. The number of aryl methyl sites for hydroxylation is 1. The van der Waals surface area contributed by atoms with Crippen LogP contribution in [-0.4, -0.2) is 5.91 Å². The molecule has 0 atom stereocenters. The van der Waals surface area contributed by atoms with E-state index in [9.17, 15) is 18.0 Å². The van der Waals surface area contributed by atoms with Gasteiger partial charge in [-0.15, -0.1) is 0 Å². The monoisotopic (exact) mass is 295 g/mol. The number of carbonyl (C=O) groups is 1. The predicted octanol–water partition coefficient (Wildman–Crippen LogP) is 3.09. The third-order valence-corrected chi connectivity index (χ3v) is 2.92. The van der Waals surface area contributed by atoms with Gasteiger partial charge in [-0.2, -0.15) is 0 Å². The molecule has 1 amide bonds. The second-order valence-electron chi connectivity index (χ2n) is 4.47. The van der Waals surface area contributed by atoms with Gasteiger partial charge in [-0.3, -0.25) is 4.79 Å². The first-order valence-electron chi connectivity index (χ1n) is 6.05. The minimum absolute atomic E-state index is 0.0537. The maximum atomic E-state index is 13.9. The average Bonchev–Trinajstić information content (AvgIpc) is 2.41. The largest absolute Gasteiger partial charge is 0.486 e. The molecule has 0 aliphatic carbocycles. The van der Waals surface area contributed by atoms with E-state index in [1.54, 1.807) is 13.0 Å². The zero-order valence-electron chi connectivity index (χ0n) is 11.1. The number of benzene rings is 2. The summed E-state index contributed by atoms with van der Waals surface area (Å²) in [4.78, 5) is 11.0. The van der Waals surface area contributed by atoms with Crippen molar-refractivity contribution < 1.29 is 22.7 Å². The van der Waals surface area contributed by atoms with Crippen molar-refractivity contribution in [2.75, 3.05) is 0 Å². The number of nitrogens with two attached hydrogens (primary N) is 1. The molecule has 2 aromatic rings. The van der Waals surface area contributed by atoms with E-state index in [4.69, 9.17) is 10.5 Å². The smallest absolute Gasteiger partial charge is 0.254 e. The van der Waals surface area contributed by atoms with Gasteiger partial charge in [0.25, 0.3) is 5.91 Å². The molecule has 0 fully saturated rings. The van der Waals surface area contributed by atoms with Gasteiger partial charge >= 0.3 is 0 Å². The molecule has 3 nitrogen and oxygen atoms in total. The number of halogens is 3. The number of ether oxygens (including phenoxy) is 1. The molecule has 0 saturated carbocycles. The summed E-state index contributed by atoms with van der Waals surface area (Å²) in [5.41, 5.74) is 5.10. The Kier molecular flexibility index (Phi) is 4.16. The van der Waals surface area contributed by atoms with Gasteiger partial charge in [0.2, 0.25) is 0 Å². The van der Waals surface area contributed by atoms with Gasteiger partial charge in [0.15, 0.2) is 11.6 Å². The first kappa shape index (κ1) is 14.9. The highest BCUT2D eigenvalue weighted by Gasteiger charge is 2.19. The molecule has 0 saturated heterocycles. The summed E-state index contributed by atoms with van der Waals surface area (Å²) in [6, 6.07) is 6.26. The second kappa shape index (κ2) is 5.87. The third-order valence-electron chi connectivity index (χ3n) is 2.92. The van der Waals surface area contributed by atoms with Crippen molar-refractivity contribution in [3.05, 3.63) is 64.5 Å². The van der Waals surface area contributed by atoms with Crippen molar-refractivity contribution in [1.29, 1.82) is 0 Å². The highest BCUT2D eigenvalue weighted by atomic mass is 19.1. The van der Waals surface area contributed by atoms with E-state index < -0.39 is 23.1 Å². The van der Waals surface area contributed by atoms with Gasteiger partial charge in [-0.05, 0) is 42.3 Å². The fourth-order valence-electron chi connectivity index (χ4n) is 1.83. The number of amides is 1.